The lowest BCUT2D eigenvalue weighted by Gasteiger charge is -2.47. The average molecular weight is 326 g/mol. The molecule has 2 saturated heterocycles. The molecule has 116 valence electrons. The molecular formula is C16H14N4O2S. The first-order chi connectivity index (χ1) is 10.8. The Morgan fingerprint density at radius 3 is 2.39 bits per heavy atom. The van der Waals surface area contributed by atoms with Crippen LogP contribution in [0.25, 0.3) is 0 Å². The van der Waals surface area contributed by atoms with Gasteiger partial charge < -0.3 is 9.47 Å². The van der Waals surface area contributed by atoms with Gasteiger partial charge in [0.25, 0.3) is 0 Å². The fraction of sp³-hybridized carbons (Fsp3) is 0.500. The second kappa shape index (κ2) is 4.55. The van der Waals surface area contributed by atoms with E-state index in [4.69, 9.17) is 14.9 Å². The summed E-state index contributed by atoms with van der Waals surface area (Å²) in [5, 5.41) is 39.7. The molecule has 0 radical (unpaired) electrons. The van der Waals surface area contributed by atoms with Gasteiger partial charge in [-0.25, -0.2) is 0 Å². The minimum atomic E-state index is -1.84. The molecule has 7 heteroatoms. The van der Waals surface area contributed by atoms with Crippen molar-refractivity contribution in [2.45, 2.75) is 32.7 Å². The molecule has 4 unspecified atom stereocenters. The van der Waals surface area contributed by atoms with E-state index in [2.05, 4.69) is 6.07 Å². The van der Waals surface area contributed by atoms with Crippen molar-refractivity contribution in [3.05, 3.63) is 21.9 Å². The highest BCUT2D eigenvalue weighted by Crippen LogP contribution is 2.66. The first kappa shape index (κ1) is 15.5. The zero-order valence-corrected chi connectivity index (χ0v) is 13.7. The number of hydrogen-bond acceptors (Lipinski definition) is 7. The van der Waals surface area contributed by atoms with Crippen molar-refractivity contribution >= 4 is 17.2 Å². The van der Waals surface area contributed by atoms with Gasteiger partial charge in [-0.3, -0.25) is 5.41 Å². The van der Waals surface area contributed by atoms with E-state index in [1.807, 2.05) is 30.5 Å². The highest BCUT2D eigenvalue weighted by atomic mass is 32.1. The summed E-state index contributed by atoms with van der Waals surface area (Å²) in [5.41, 5.74) is -2.62. The molecule has 3 heterocycles. The molecule has 3 rings (SSSR count). The second-order valence-electron chi connectivity index (χ2n) is 6.09. The highest BCUT2D eigenvalue weighted by molar-refractivity contribution is 7.10. The summed E-state index contributed by atoms with van der Waals surface area (Å²) in [4.78, 5) is 0.712. The summed E-state index contributed by atoms with van der Waals surface area (Å²) >= 11 is 1.37. The monoisotopic (exact) mass is 326 g/mol. The van der Waals surface area contributed by atoms with E-state index < -0.39 is 28.6 Å². The van der Waals surface area contributed by atoms with Gasteiger partial charge in [-0.2, -0.15) is 15.8 Å². The smallest absolute Gasteiger partial charge is 0.214 e. The summed E-state index contributed by atoms with van der Waals surface area (Å²) in [5.74, 6) is -2.20. The van der Waals surface area contributed by atoms with E-state index >= 15 is 0 Å². The molecule has 0 amide bonds. The lowest BCUT2D eigenvalue weighted by atomic mass is 9.54. The van der Waals surface area contributed by atoms with Crippen LogP contribution in [-0.2, 0) is 9.47 Å². The number of aryl methyl sites for hydroxylation is 1. The van der Waals surface area contributed by atoms with Crippen molar-refractivity contribution in [1.82, 2.24) is 0 Å². The number of nitrogens with one attached hydrogen (secondary N) is 1. The number of thiophene rings is 1. The average Bonchev–Trinajstić information content (AvgIpc) is 3.00. The third-order valence-electron chi connectivity index (χ3n) is 5.14. The van der Waals surface area contributed by atoms with Crippen molar-refractivity contribution < 1.29 is 9.47 Å². The van der Waals surface area contributed by atoms with Gasteiger partial charge in [0, 0.05) is 11.8 Å². The quantitative estimate of drug-likeness (QED) is 0.852. The van der Waals surface area contributed by atoms with Crippen molar-refractivity contribution in [2.75, 3.05) is 0 Å². The van der Waals surface area contributed by atoms with E-state index in [9.17, 15) is 15.8 Å². The maximum Gasteiger partial charge on any atom is 0.214 e. The lowest BCUT2D eigenvalue weighted by molar-refractivity contribution is -0.268. The second-order valence-corrected chi connectivity index (χ2v) is 7.03. The van der Waals surface area contributed by atoms with E-state index in [-0.39, 0.29) is 5.90 Å². The van der Waals surface area contributed by atoms with E-state index in [1.54, 1.807) is 13.8 Å². The highest BCUT2D eigenvalue weighted by Gasteiger charge is 2.78. The van der Waals surface area contributed by atoms with Gasteiger partial charge in [0.2, 0.25) is 17.1 Å². The third-order valence-corrected chi connectivity index (χ3v) is 6.20. The Balaban J connectivity index is 2.36. The van der Waals surface area contributed by atoms with Crippen LogP contribution in [0.4, 0.5) is 0 Å². The summed E-state index contributed by atoms with van der Waals surface area (Å²) in [6.45, 7) is 5.20. The van der Waals surface area contributed by atoms with Gasteiger partial charge in [-0.05, 0) is 23.9 Å². The maximum atomic E-state index is 9.89. The fourth-order valence-electron chi connectivity index (χ4n) is 3.59. The molecule has 2 aliphatic heterocycles. The molecule has 2 aliphatic rings. The number of rotatable bonds is 1. The molecule has 4 atom stereocenters. The van der Waals surface area contributed by atoms with Crippen LogP contribution in [0.15, 0.2) is 11.4 Å². The number of hydrogen-bond donors (Lipinski definition) is 1. The van der Waals surface area contributed by atoms with E-state index in [0.29, 0.717) is 4.88 Å². The molecule has 1 aromatic heterocycles. The number of nitrogens with zero attached hydrogens (tertiary/aromatic N) is 3. The Morgan fingerprint density at radius 2 is 1.91 bits per heavy atom. The Hall–Kier alpha value is -2.40. The molecule has 2 bridgehead atoms. The molecule has 1 N–H and O–H groups in total. The van der Waals surface area contributed by atoms with Crippen LogP contribution in [0.3, 0.4) is 0 Å². The first-order valence-corrected chi connectivity index (χ1v) is 7.94. The molecule has 23 heavy (non-hydrogen) atoms. The van der Waals surface area contributed by atoms with Gasteiger partial charge >= 0.3 is 0 Å². The Bertz CT molecular complexity index is 812. The minimum absolute atomic E-state index is 0.366. The van der Waals surface area contributed by atoms with Crippen molar-refractivity contribution in [1.29, 1.82) is 21.2 Å². The number of fused-ring (bicyclic) bond motifs is 2. The summed E-state index contributed by atoms with van der Waals surface area (Å²) < 4.78 is 11.6. The molecule has 0 saturated carbocycles. The molecule has 2 fully saturated rings. The summed E-state index contributed by atoms with van der Waals surface area (Å²) in [6, 6.07) is 7.95. The van der Waals surface area contributed by atoms with Gasteiger partial charge in [0.1, 0.15) is 6.10 Å². The van der Waals surface area contributed by atoms with Crippen LogP contribution in [0.1, 0.15) is 30.4 Å². The number of ether oxygens (including phenoxy) is 2. The lowest BCUT2D eigenvalue weighted by Crippen LogP contribution is -2.57. The van der Waals surface area contributed by atoms with Gasteiger partial charge in [0.15, 0.2) is 5.41 Å². The Kier molecular flexibility index (Phi) is 3.07. The van der Waals surface area contributed by atoms with Crippen molar-refractivity contribution in [3.8, 4) is 18.2 Å². The zero-order chi connectivity index (χ0) is 17.0. The molecule has 0 aliphatic carbocycles. The Labute approximate surface area is 138 Å². The predicted octanol–water partition coefficient (Wildman–Crippen LogP) is 3.03. The van der Waals surface area contributed by atoms with Crippen LogP contribution >= 0.6 is 11.3 Å². The SMILES string of the molecule is Cc1ccsc1C1OC2(C)OC(=N)C(C#N)(C2C)C1(C#N)C#N. The van der Waals surface area contributed by atoms with Crippen LogP contribution in [-0.4, -0.2) is 11.7 Å². The van der Waals surface area contributed by atoms with E-state index in [0.717, 1.165) is 5.56 Å². The molecule has 1 aromatic rings. The Morgan fingerprint density at radius 1 is 1.26 bits per heavy atom. The molecule has 0 spiro atoms. The maximum absolute atomic E-state index is 9.89. The predicted molar refractivity (Wildman–Crippen MR) is 81.0 cm³/mol. The van der Waals surface area contributed by atoms with Gasteiger partial charge in [-0.15, -0.1) is 11.3 Å². The fourth-order valence-corrected chi connectivity index (χ4v) is 4.62. The molecule has 0 aromatic carbocycles. The third kappa shape index (κ3) is 1.50. The largest absolute Gasteiger partial charge is 0.448 e. The molecule has 6 nitrogen and oxygen atoms in total. The molecular weight excluding hydrogens is 312 g/mol. The van der Waals surface area contributed by atoms with Crippen LogP contribution < -0.4 is 0 Å². The van der Waals surface area contributed by atoms with Crippen molar-refractivity contribution in [2.24, 2.45) is 16.7 Å². The van der Waals surface area contributed by atoms with Gasteiger partial charge in [0.05, 0.1) is 24.1 Å². The van der Waals surface area contributed by atoms with Gasteiger partial charge in [-0.1, -0.05) is 6.92 Å². The van der Waals surface area contributed by atoms with Crippen molar-refractivity contribution in [3.63, 3.8) is 0 Å². The topological polar surface area (TPSA) is 114 Å². The van der Waals surface area contributed by atoms with Crippen LogP contribution in [0, 0.1) is 63.1 Å². The summed E-state index contributed by atoms with van der Waals surface area (Å²) in [7, 11) is 0. The van der Waals surface area contributed by atoms with E-state index in [1.165, 1.54) is 11.3 Å². The zero-order valence-electron chi connectivity index (χ0n) is 12.9. The first-order valence-electron chi connectivity index (χ1n) is 7.06. The standard InChI is InChI=1S/C16H14N4O2S/c1-9-4-5-23-11(9)12-15(6-17,7-18)16(8-19)10(2)14(3,21-12)22-13(16)20/h4-5,10,12,20H,1-3H3. The minimum Gasteiger partial charge on any atom is -0.448 e. The van der Waals surface area contributed by atoms with Crippen LogP contribution in [0.5, 0.6) is 0 Å². The normalized spacial score (nSPS) is 37.3. The summed E-state index contributed by atoms with van der Waals surface area (Å²) in [6.07, 6.45) is -0.943. The number of nitriles is 3. The van der Waals surface area contributed by atoms with Crippen LogP contribution in [0.2, 0.25) is 0 Å².